The normalized spacial score (nSPS) is 18.5. The number of aromatic nitrogens is 2. The molecular weight excluding hydrogens is 548 g/mol. The topological polar surface area (TPSA) is 131 Å². The van der Waals surface area contributed by atoms with Crippen LogP contribution in [0.15, 0.2) is 36.4 Å². The molecule has 226 valence electrons. The summed E-state index contributed by atoms with van der Waals surface area (Å²) in [6, 6.07) is 11.9. The lowest BCUT2D eigenvalue weighted by atomic mass is 9.93. The molecule has 4 heterocycles. The Hall–Kier alpha value is -4.06. The van der Waals surface area contributed by atoms with Crippen LogP contribution >= 0.6 is 0 Å². The van der Waals surface area contributed by atoms with E-state index in [0.717, 1.165) is 58.0 Å². The van der Waals surface area contributed by atoms with E-state index in [2.05, 4.69) is 16.3 Å². The predicted molar refractivity (Wildman–Crippen MR) is 162 cm³/mol. The van der Waals surface area contributed by atoms with E-state index in [9.17, 15) is 24.6 Å². The van der Waals surface area contributed by atoms with Gasteiger partial charge in [-0.1, -0.05) is 24.3 Å². The Labute approximate surface area is 250 Å². The van der Waals surface area contributed by atoms with Gasteiger partial charge in [-0.2, -0.15) is 0 Å². The molecular formula is C32H38N6O5. The van der Waals surface area contributed by atoms with Crippen molar-refractivity contribution in [3.05, 3.63) is 64.7 Å². The van der Waals surface area contributed by atoms with Gasteiger partial charge in [0.05, 0.1) is 24.0 Å². The second-order valence-electron chi connectivity index (χ2n) is 11.8. The van der Waals surface area contributed by atoms with Gasteiger partial charge in [0.25, 0.3) is 5.91 Å². The standard InChI is InChI=1S/C32H38N6O5/c1-20-22(5-3-7-25(20)33-29(40)12-15-36-13-9-21(39)17-36)23-6-4-8-27-24(23)10-16-38(27)32(43)31-34-26-11-14-37(19-30(41)42)18-28(26)35(31)2/h3-8,21,39H,9-19H2,1-2H3,(H,33,40)(H,41,42). The van der Waals surface area contributed by atoms with Crippen LogP contribution in [0.2, 0.25) is 0 Å². The molecule has 1 unspecified atom stereocenters. The minimum absolute atomic E-state index is 0.0376. The van der Waals surface area contributed by atoms with Gasteiger partial charge in [-0.05, 0) is 54.2 Å². The highest BCUT2D eigenvalue weighted by atomic mass is 16.4. The van der Waals surface area contributed by atoms with Gasteiger partial charge < -0.3 is 29.9 Å². The minimum Gasteiger partial charge on any atom is -0.480 e. The molecule has 1 aromatic heterocycles. The lowest BCUT2D eigenvalue weighted by Crippen LogP contribution is -2.35. The van der Waals surface area contributed by atoms with E-state index in [1.54, 1.807) is 4.90 Å². The SMILES string of the molecule is Cc1c(NC(=O)CCN2CCC(O)C2)cccc1-c1cccc2c1CCN2C(=O)c1nc2c(n1C)CN(CC(=O)O)CC2. The van der Waals surface area contributed by atoms with Gasteiger partial charge >= 0.3 is 5.97 Å². The molecule has 0 spiro atoms. The summed E-state index contributed by atoms with van der Waals surface area (Å²) in [4.78, 5) is 48.3. The lowest BCUT2D eigenvalue weighted by molar-refractivity contribution is -0.138. The molecule has 0 aliphatic carbocycles. The van der Waals surface area contributed by atoms with Crippen LogP contribution in [0.5, 0.6) is 0 Å². The highest BCUT2D eigenvalue weighted by Crippen LogP contribution is 2.39. The molecule has 3 N–H and O–H groups in total. The minimum atomic E-state index is -0.867. The molecule has 2 aromatic carbocycles. The van der Waals surface area contributed by atoms with Crippen molar-refractivity contribution in [2.45, 2.75) is 45.3 Å². The average molecular weight is 587 g/mol. The van der Waals surface area contributed by atoms with Crippen molar-refractivity contribution < 1.29 is 24.6 Å². The van der Waals surface area contributed by atoms with Gasteiger partial charge in [0.1, 0.15) is 0 Å². The molecule has 0 radical (unpaired) electrons. The number of aliphatic hydroxyl groups excluding tert-OH is 1. The second-order valence-corrected chi connectivity index (χ2v) is 11.8. The van der Waals surface area contributed by atoms with E-state index in [1.807, 2.05) is 53.8 Å². The van der Waals surface area contributed by atoms with Crippen molar-refractivity contribution in [1.29, 1.82) is 0 Å². The highest BCUT2D eigenvalue weighted by molar-refractivity contribution is 6.06. The first kappa shape index (κ1) is 29.0. The number of benzene rings is 2. The molecule has 2 amide bonds. The van der Waals surface area contributed by atoms with E-state index in [-0.39, 0.29) is 24.5 Å². The lowest BCUT2D eigenvalue weighted by Gasteiger charge is -2.25. The van der Waals surface area contributed by atoms with Crippen LogP contribution in [0.25, 0.3) is 11.1 Å². The number of carboxylic acids is 1. The molecule has 3 aliphatic rings. The molecule has 3 aliphatic heterocycles. The molecule has 0 saturated carbocycles. The van der Waals surface area contributed by atoms with Crippen LogP contribution in [-0.2, 0) is 36.0 Å². The maximum Gasteiger partial charge on any atom is 0.317 e. The van der Waals surface area contributed by atoms with Crippen molar-refractivity contribution in [3.63, 3.8) is 0 Å². The summed E-state index contributed by atoms with van der Waals surface area (Å²) in [7, 11) is 1.83. The molecule has 6 rings (SSSR count). The van der Waals surface area contributed by atoms with E-state index >= 15 is 0 Å². The number of imidazole rings is 1. The third-order valence-corrected chi connectivity index (χ3v) is 8.96. The number of hydrogen-bond donors (Lipinski definition) is 3. The smallest absolute Gasteiger partial charge is 0.317 e. The molecule has 1 atom stereocenters. The number of rotatable bonds is 8. The van der Waals surface area contributed by atoms with E-state index in [4.69, 9.17) is 4.98 Å². The van der Waals surface area contributed by atoms with Crippen LogP contribution in [0.1, 0.15) is 46.0 Å². The van der Waals surface area contributed by atoms with E-state index in [1.165, 1.54) is 0 Å². The highest BCUT2D eigenvalue weighted by Gasteiger charge is 2.33. The quantitative estimate of drug-likeness (QED) is 0.367. The van der Waals surface area contributed by atoms with Crippen molar-refractivity contribution >= 4 is 29.2 Å². The molecule has 3 aromatic rings. The van der Waals surface area contributed by atoms with Crippen LogP contribution < -0.4 is 10.2 Å². The largest absolute Gasteiger partial charge is 0.480 e. The number of carbonyl (C=O) groups is 3. The van der Waals surface area contributed by atoms with Crippen LogP contribution in [0.4, 0.5) is 11.4 Å². The second kappa shape index (κ2) is 11.9. The Morgan fingerprint density at radius 2 is 1.81 bits per heavy atom. The van der Waals surface area contributed by atoms with Gasteiger partial charge in [0, 0.05) is 70.5 Å². The Kier molecular flexibility index (Phi) is 8.04. The summed E-state index contributed by atoms with van der Waals surface area (Å²) in [5.74, 6) is -0.722. The zero-order chi connectivity index (χ0) is 30.2. The number of hydrogen-bond acceptors (Lipinski definition) is 7. The number of fused-ring (bicyclic) bond motifs is 2. The number of aliphatic hydroxyl groups is 1. The Bertz CT molecular complexity index is 1580. The summed E-state index contributed by atoms with van der Waals surface area (Å²) in [6.45, 7) is 5.61. The summed E-state index contributed by atoms with van der Waals surface area (Å²) in [6.07, 6.45) is 2.13. The number of carboxylic acid groups (broad SMARTS) is 1. The van der Waals surface area contributed by atoms with Crippen molar-refractivity contribution in [2.75, 3.05) is 49.5 Å². The third-order valence-electron chi connectivity index (χ3n) is 8.96. The molecule has 0 bridgehead atoms. The van der Waals surface area contributed by atoms with Gasteiger partial charge in [0.15, 0.2) is 5.82 Å². The number of nitrogens with zero attached hydrogens (tertiary/aromatic N) is 5. The molecule has 11 nitrogen and oxygen atoms in total. The van der Waals surface area contributed by atoms with Gasteiger partial charge in [-0.15, -0.1) is 0 Å². The summed E-state index contributed by atoms with van der Waals surface area (Å²) in [5.41, 5.74) is 7.47. The zero-order valence-electron chi connectivity index (χ0n) is 24.7. The molecule has 11 heteroatoms. The predicted octanol–water partition coefficient (Wildman–Crippen LogP) is 2.44. The monoisotopic (exact) mass is 586 g/mol. The van der Waals surface area contributed by atoms with Gasteiger partial charge in [-0.25, -0.2) is 4.98 Å². The molecule has 1 fully saturated rings. The Morgan fingerprint density at radius 1 is 1.02 bits per heavy atom. The number of anilines is 2. The fraction of sp³-hybridized carbons (Fsp3) is 0.438. The Morgan fingerprint density at radius 3 is 2.58 bits per heavy atom. The summed E-state index contributed by atoms with van der Waals surface area (Å²) < 4.78 is 1.82. The fourth-order valence-corrected chi connectivity index (χ4v) is 6.63. The van der Waals surface area contributed by atoms with Gasteiger partial charge in [-0.3, -0.25) is 19.3 Å². The number of carbonyl (C=O) groups excluding carboxylic acids is 2. The first-order valence-electron chi connectivity index (χ1n) is 14.9. The van der Waals surface area contributed by atoms with Crippen LogP contribution in [-0.4, -0.2) is 92.7 Å². The average Bonchev–Trinajstić information content (AvgIpc) is 3.69. The first-order valence-corrected chi connectivity index (χ1v) is 14.9. The zero-order valence-corrected chi connectivity index (χ0v) is 24.7. The van der Waals surface area contributed by atoms with E-state index in [0.29, 0.717) is 57.8 Å². The van der Waals surface area contributed by atoms with Gasteiger partial charge in [0.2, 0.25) is 5.91 Å². The Balaban J connectivity index is 1.20. The third kappa shape index (κ3) is 5.80. The van der Waals surface area contributed by atoms with E-state index < -0.39 is 5.97 Å². The number of aliphatic carboxylic acids is 1. The van der Waals surface area contributed by atoms with Crippen LogP contribution in [0.3, 0.4) is 0 Å². The molecule has 1 saturated heterocycles. The fourth-order valence-electron chi connectivity index (χ4n) is 6.63. The number of nitrogens with one attached hydrogen (secondary N) is 1. The maximum atomic E-state index is 13.8. The summed E-state index contributed by atoms with van der Waals surface area (Å²) >= 11 is 0. The van der Waals surface area contributed by atoms with Crippen molar-refractivity contribution in [1.82, 2.24) is 19.4 Å². The maximum absolute atomic E-state index is 13.8. The molecule has 43 heavy (non-hydrogen) atoms. The van der Waals surface area contributed by atoms with Crippen molar-refractivity contribution in [3.8, 4) is 11.1 Å². The first-order chi connectivity index (χ1) is 20.7. The number of likely N-dealkylation sites (tertiary alicyclic amines) is 1. The number of amides is 2. The van der Waals surface area contributed by atoms with Crippen molar-refractivity contribution in [2.24, 2.45) is 7.05 Å². The van der Waals surface area contributed by atoms with Crippen LogP contribution in [0, 0.1) is 6.92 Å². The summed E-state index contributed by atoms with van der Waals surface area (Å²) in [5, 5.41) is 22.0. The number of β-amino-alcohol motifs (C(OH)–C–C–N with tert-alkyl or cyclic N) is 1.